The second kappa shape index (κ2) is 26.2. The van der Waals surface area contributed by atoms with Gasteiger partial charge in [0.1, 0.15) is 36.2 Å². The number of benzene rings is 2. The average molecular weight is 1150 g/mol. The topological polar surface area (TPSA) is 266 Å². The molecule has 4 aromatic heterocycles. The number of esters is 1. The van der Waals surface area contributed by atoms with Gasteiger partial charge < -0.3 is 41.4 Å². The van der Waals surface area contributed by atoms with Crippen LogP contribution in [0.2, 0.25) is 6.82 Å². The van der Waals surface area contributed by atoms with E-state index in [1.165, 1.54) is 0 Å². The zero-order chi connectivity index (χ0) is 60.3. The predicted molar refractivity (Wildman–Crippen MR) is 321 cm³/mol. The molecule has 84 heavy (non-hydrogen) atoms. The molecule has 7 N–H and O–H groups in total. The van der Waals surface area contributed by atoms with Gasteiger partial charge in [0.25, 0.3) is 11.8 Å². The Morgan fingerprint density at radius 2 is 0.964 bits per heavy atom. The molecule has 2 aromatic carbocycles. The maximum Gasteiger partial charge on any atom is 0.374 e. The summed E-state index contributed by atoms with van der Waals surface area (Å²) in [5.74, 6) is 0.647. The van der Waals surface area contributed by atoms with E-state index in [0.29, 0.717) is 46.4 Å². The lowest BCUT2D eigenvalue weighted by atomic mass is 9.85. The van der Waals surface area contributed by atoms with Crippen LogP contribution in [0.4, 0.5) is 11.4 Å². The number of aliphatic hydroxyl groups excluding tert-OH is 1. The molecule has 22 heteroatoms. The predicted octanol–water partition coefficient (Wildman–Crippen LogP) is 8.41. The summed E-state index contributed by atoms with van der Waals surface area (Å²) in [4.78, 5) is 67.0. The van der Waals surface area contributed by atoms with Crippen molar-refractivity contribution in [3.05, 3.63) is 107 Å². The van der Waals surface area contributed by atoms with Crippen LogP contribution in [0.5, 0.6) is 0 Å². The van der Waals surface area contributed by atoms with Gasteiger partial charge in [-0.2, -0.15) is 20.4 Å². The number of carbonyl (C=O) groups is 5. The molecule has 21 nitrogen and oxygen atoms in total. The number of nitrogens with zero attached hydrogens (tertiary/aromatic N) is 8. The molecule has 4 heterocycles. The molecule has 0 bridgehead atoms. The van der Waals surface area contributed by atoms with Crippen molar-refractivity contribution in [3.8, 4) is 22.3 Å². The van der Waals surface area contributed by atoms with Crippen molar-refractivity contribution in [1.29, 1.82) is 0 Å². The molecule has 4 aliphatic carbocycles. The van der Waals surface area contributed by atoms with Gasteiger partial charge >= 0.3 is 13.0 Å². The summed E-state index contributed by atoms with van der Waals surface area (Å²) in [7, 11) is -0.842. The van der Waals surface area contributed by atoms with Gasteiger partial charge in [-0.1, -0.05) is 38.1 Å². The second-order valence-electron chi connectivity index (χ2n) is 24.4. The van der Waals surface area contributed by atoms with E-state index in [0.717, 1.165) is 96.4 Å². The minimum atomic E-state index is -0.842. The van der Waals surface area contributed by atoms with Crippen molar-refractivity contribution >= 4 is 48.0 Å². The monoisotopic (exact) mass is 1150 g/mol. The van der Waals surface area contributed by atoms with Gasteiger partial charge in [0.15, 0.2) is 6.73 Å². The van der Waals surface area contributed by atoms with Gasteiger partial charge in [-0.15, -0.1) is 0 Å². The van der Waals surface area contributed by atoms with Gasteiger partial charge in [-0.3, -0.25) is 33.3 Å². The first kappa shape index (κ1) is 61.1. The van der Waals surface area contributed by atoms with Crippen molar-refractivity contribution < 1.29 is 38.8 Å². The third kappa shape index (κ3) is 14.4. The van der Waals surface area contributed by atoms with Crippen molar-refractivity contribution in [2.75, 3.05) is 10.6 Å². The Morgan fingerprint density at radius 1 is 0.583 bits per heavy atom. The van der Waals surface area contributed by atoms with Crippen LogP contribution in [-0.4, -0.2) is 104 Å². The molecule has 4 amide bonds. The molecule has 0 spiro atoms. The van der Waals surface area contributed by atoms with Crippen LogP contribution in [0, 0.1) is 69.1 Å². The van der Waals surface area contributed by atoms with E-state index in [1.54, 1.807) is 50.1 Å². The number of nitrogens with one attached hydrogen (secondary N) is 5. The van der Waals surface area contributed by atoms with Gasteiger partial charge in [-0.05, 0) is 203 Å². The lowest BCUT2D eigenvalue weighted by Crippen LogP contribution is -2.50. The Kier molecular flexibility index (Phi) is 19.1. The van der Waals surface area contributed by atoms with Crippen LogP contribution < -0.4 is 26.5 Å². The molecule has 6 aromatic rings. The molecule has 0 radical (unpaired) electrons. The van der Waals surface area contributed by atoms with Crippen molar-refractivity contribution in [1.82, 2.24) is 55.0 Å². The normalized spacial score (nSPS) is 16.1. The van der Waals surface area contributed by atoms with E-state index >= 15 is 0 Å². The Labute approximate surface area is 492 Å². The van der Waals surface area contributed by atoms with E-state index in [2.05, 4.69) is 46.9 Å². The third-order valence-corrected chi connectivity index (χ3v) is 16.8. The SMILES string of the molecule is CB(O)N[C@H](C(=O)OCn1nc(C)c(-c2ccc(NC(=O)[C@@H](NC(=O)c3ccnn3C(C)C)C(C3CC3)C3CC3)cc2)c1C)C(C)C.Cc1nn(CO)c(C)c1-c1ccc(NC(=O)[C@@H](NC(=O)c2ccnn2C(C)C)C(C2CC2)C2CC2)cc1. The first-order valence-corrected chi connectivity index (χ1v) is 29.9. The Morgan fingerprint density at radius 3 is 1.30 bits per heavy atom. The smallest absolute Gasteiger partial charge is 0.374 e. The first-order valence-electron chi connectivity index (χ1n) is 29.9. The molecule has 3 atom stereocenters. The highest BCUT2D eigenvalue weighted by atomic mass is 16.5. The number of anilines is 2. The first-order chi connectivity index (χ1) is 40.1. The zero-order valence-corrected chi connectivity index (χ0v) is 50.4. The van der Waals surface area contributed by atoms with E-state index in [4.69, 9.17) is 4.74 Å². The largest absolute Gasteiger partial charge is 0.441 e. The number of aliphatic hydroxyl groups is 1. The number of ether oxygens (including phenoxy) is 1. The molecule has 4 fully saturated rings. The summed E-state index contributed by atoms with van der Waals surface area (Å²) in [6, 6.07) is 16.8. The standard InChI is InChI=1S/C34H48BN7O5.C28H36N6O3/c1-19(2)30(39-35(7)46)34(45)47-18-41-22(6)28(21(5)40-41)23-12-14-26(15-13-23)37-33(44)31(29(24-8-9-24)25-10-11-25)38-32(43)27-16-17-36-42(27)20(3)4;1-16(2)34-23(13-14-29-34)27(36)31-26(25(20-5-6-20)21-7-8-21)28(37)30-22-11-9-19(10-12-22)24-17(3)32-33(15-35)18(24)4/h12-17,19-20,24-25,29-31,39,46H,8-11,18H2,1-7H3,(H,37,44)(H,38,43);9-14,16,20-21,25-26,35H,5-8,15H2,1-4H3,(H,30,37)(H,31,36)/t30-,31-;26-/m00/s1. The number of aryl methyl sites for hydroxylation is 2. The van der Waals surface area contributed by atoms with Gasteiger partial charge in [0.2, 0.25) is 11.8 Å². The molecule has 448 valence electrons. The Hall–Kier alpha value is -7.43. The van der Waals surface area contributed by atoms with Crippen LogP contribution >= 0.6 is 0 Å². The molecule has 4 aliphatic rings. The van der Waals surface area contributed by atoms with Crippen molar-refractivity contribution in [3.63, 3.8) is 0 Å². The molecular formula is C62H84BN13O8. The van der Waals surface area contributed by atoms with E-state index in [1.807, 2.05) is 118 Å². The van der Waals surface area contributed by atoms with Gasteiger partial charge in [0, 0.05) is 58.4 Å². The van der Waals surface area contributed by atoms with E-state index in [-0.39, 0.29) is 66.9 Å². The average Bonchev–Trinajstić information content (AvgIpc) is 2.46. The number of rotatable bonds is 25. The highest BCUT2D eigenvalue weighted by molar-refractivity contribution is 6.46. The number of carbonyl (C=O) groups excluding carboxylic acids is 5. The van der Waals surface area contributed by atoms with Gasteiger partial charge in [0.05, 0.1) is 11.4 Å². The Balaban J connectivity index is 0.000000207. The van der Waals surface area contributed by atoms with Crippen LogP contribution in [0.25, 0.3) is 22.3 Å². The fraction of sp³-hybridized carbons (Fsp3) is 0.532. The van der Waals surface area contributed by atoms with Crippen LogP contribution in [0.1, 0.15) is 149 Å². The number of hydrogen-bond acceptors (Lipinski definition) is 13. The van der Waals surface area contributed by atoms with Crippen molar-refractivity contribution in [2.24, 2.45) is 41.4 Å². The maximum absolute atomic E-state index is 13.9. The van der Waals surface area contributed by atoms with Crippen LogP contribution in [0.3, 0.4) is 0 Å². The third-order valence-electron chi connectivity index (χ3n) is 16.8. The minimum absolute atomic E-state index is 0.0175. The quantitative estimate of drug-likeness (QED) is 0.0210. The minimum Gasteiger partial charge on any atom is -0.441 e. The molecule has 0 saturated heterocycles. The molecule has 4 saturated carbocycles. The van der Waals surface area contributed by atoms with E-state index < -0.39 is 31.1 Å². The lowest BCUT2D eigenvalue weighted by Gasteiger charge is -2.28. The zero-order valence-electron chi connectivity index (χ0n) is 50.4. The number of hydrogen-bond donors (Lipinski definition) is 7. The number of aromatic nitrogens is 8. The molecular weight excluding hydrogens is 1070 g/mol. The second-order valence-corrected chi connectivity index (χ2v) is 24.4. The fourth-order valence-electron chi connectivity index (χ4n) is 12.1. The van der Waals surface area contributed by atoms with Crippen LogP contribution in [0.15, 0.2) is 73.1 Å². The van der Waals surface area contributed by atoms with E-state index in [9.17, 15) is 34.1 Å². The maximum atomic E-state index is 13.9. The molecule has 10 rings (SSSR count). The highest BCUT2D eigenvalue weighted by Crippen LogP contribution is 2.52. The van der Waals surface area contributed by atoms with Gasteiger partial charge in [-0.25, -0.2) is 9.36 Å². The Bertz CT molecular complexity index is 3270. The molecule has 0 unspecified atom stereocenters. The summed E-state index contributed by atoms with van der Waals surface area (Å²) >= 11 is 0. The van der Waals surface area contributed by atoms with Crippen molar-refractivity contribution in [2.45, 2.75) is 171 Å². The highest BCUT2D eigenvalue weighted by Gasteiger charge is 2.50. The summed E-state index contributed by atoms with van der Waals surface area (Å²) in [6.45, 7) is 20.7. The summed E-state index contributed by atoms with van der Waals surface area (Å²) in [6.07, 6.45) is 12.0. The summed E-state index contributed by atoms with van der Waals surface area (Å²) < 4.78 is 12.1. The summed E-state index contributed by atoms with van der Waals surface area (Å²) in [5, 5.41) is 51.9. The molecule has 0 aliphatic heterocycles. The summed E-state index contributed by atoms with van der Waals surface area (Å²) in [5.41, 5.74) is 9.32. The fourth-order valence-corrected chi connectivity index (χ4v) is 12.1. The van der Waals surface area contributed by atoms with Crippen LogP contribution in [-0.2, 0) is 32.6 Å². The lowest BCUT2D eigenvalue weighted by molar-refractivity contribution is -0.151. The number of amides is 4.